The Bertz CT molecular complexity index is 949. The lowest BCUT2D eigenvalue weighted by molar-refractivity contribution is -0.184. The molecule has 0 unspecified atom stereocenters. The Kier molecular flexibility index (Phi) is 9.18. The molecule has 11 heteroatoms. The van der Waals surface area contributed by atoms with Crippen LogP contribution in [0.1, 0.15) is 54.9 Å². The maximum atomic E-state index is 13.3. The minimum absolute atomic E-state index is 0.123. The van der Waals surface area contributed by atoms with E-state index >= 15 is 0 Å². The summed E-state index contributed by atoms with van der Waals surface area (Å²) in [7, 11) is -2.29. The second-order valence-electron chi connectivity index (χ2n) is 12.3. The molecule has 0 aliphatic carbocycles. The zero-order chi connectivity index (χ0) is 28.5. The molecule has 0 aromatic rings. The number of hydrogen-bond acceptors (Lipinski definition) is 8. The molecule has 2 rings (SSSR count). The smallest absolute Gasteiger partial charge is 0.410 e. The van der Waals surface area contributed by atoms with Crippen LogP contribution in [0.3, 0.4) is 0 Å². The highest BCUT2D eigenvalue weighted by atomic mass is 28.4. The molecule has 37 heavy (non-hydrogen) atoms. The van der Waals surface area contributed by atoms with Crippen LogP contribution < -0.4 is 0 Å². The van der Waals surface area contributed by atoms with E-state index in [0.29, 0.717) is 0 Å². The van der Waals surface area contributed by atoms with Crippen molar-refractivity contribution < 1.29 is 37.9 Å². The molecule has 0 N–H and O–H groups in total. The Morgan fingerprint density at radius 1 is 1.14 bits per heavy atom. The second kappa shape index (κ2) is 11.1. The molecule has 4 atom stereocenters. The quantitative estimate of drug-likeness (QED) is 0.166. The maximum absolute atomic E-state index is 13.3. The van der Waals surface area contributed by atoms with Crippen molar-refractivity contribution in [2.45, 2.75) is 90.8 Å². The van der Waals surface area contributed by atoms with E-state index in [1.807, 2.05) is 0 Å². The molecule has 0 bridgehead atoms. The third-order valence-corrected chi connectivity index (χ3v) is 11.8. The molecule has 0 radical (unpaired) electrons. The number of esters is 1. The largest absolute Gasteiger partial charge is 0.454 e. The summed E-state index contributed by atoms with van der Waals surface area (Å²) in [6.45, 7) is 20.6. The van der Waals surface area contributed by atoms with Crippen LogP contribution in [-0.4, -0.2) is 85.2 Å². The summed E-state index contributed by atoms with van der Waals surface area (Å²) < 4.78 is 16.7. The Labute approximate surface area is 220 Å². The number of imide groups is 1. The van der Waals surface area contributed by atoms with Crippen molar-refractivity contribution in [3.05, 3.63) is 12.7 Å². The Morgan fingerprint density at radius 2 is 1.73 bits per heavy atom. The highest BCUT2D eigenvalue weighted by Gasteiger charge is 2.60. The summed E-state index contributed by atoms with van der Waals surface area (Å²) >= 11 is 0. The van der Waals surface area contributed by atoms with Crippen LogP contribution in [0.2, 0.25) is 18.1 Å². The topological polar surface area (TPSA) is 120 Å². The van der Waals surface area contributed by atoms with Gasteiger partial charge in [-0.2, -0.15) is 0 Å². The lowest BCUT2D eigenvalue weighted by Crippen LogP contribution is -2.72. The zero-order valence-electron chi connectivity index (χ0n) is 23.6. The van der Waals surface area contributed by atoms with Crippen molar-refractivity contribution in [1.82, 2.24) is 9.80 Å². The van der Waals surface area contributed by atoms with Crippen LogP contribution in [0.25, 0.3) is 0 Å². The van der Waals surface area contributed by atoms with Gasteiger partial charge in [-0.15, -0.1) is 0 Å². The lowest BCUT2D eigenvalue weighted by atomic mass is 9.72. The molecule has 208 valence electrons. The van der Waals surface area contributed by atoms with E-state index in [-0.39, 0.29) is 36.9 Å². The van der Waals surface area contributed by atoms with Crippen LogP contribution in [0.15, 0.2) is 12.7 Å². The van der Waals surface area contributed by atoms with E-state index < -0.39 is 61.8 Å². The number of hydrogen-bond donors (Lipinski definition) is 0. The Hall–Kier alpha value is -2.53. The van der Waals surface area contributed by atoms with Crippen molar-refractivity contribution in [2.75, 3.05) is 19.7 Å². The van der Waals surface area contributed by atoms with Crippen molar-refractivity contribution in [3.63, 3.8) is 0 Å². The molecule has 10 nitrogen and oxygen atoms in total. The third-order valence-electron chi connectivity index (χ3n) is 7.24. The van der Waals surface area contributed by atoms with Crippen LogP contribution in [0.5, 0.6) is 0 Å². The molecule has 0 spiro atoms. The van der Waals surface area contributed by atoms with Crippen molar-refractivity contribution in [1.29, 1.82) is 0 Å². The Balaban J connectivity index is 2.31. The third kappa shape index (κ3) is 6.87. The molecule has 0 aromatic carbocycles. The molecule has 2 heterocycles. The number of amides is 3. The van der Waals surface area contributed by atoms with Gasteiger partial charge >= 0.3 is 18.0 Å². The summed E-state index contributed by atoms with van der Waals surface area (Å²) in [5.41, 5.74) is -0.714. The summed E-state index contributed by atoms with van der Waals surface area (Å²) in [6, 6.07) is -0.871. The van der Waals surface area contributed by atoms with Crippen molar-refractivity contribution in [3.8, 4) is 0 Å². The highest BCUT2D eigenvalue weighted by molar-refractivity contribution is 6.74. The van der Waals surface area contributed by atoms with Crippen molar-refractivity contribution in [2.24, 2.45) is 11.8 Å². The van der Waals surface area contributed by atoms with E-state index in [1.165, 1.54) is 11.0 Å². The van der Waals surface area contributed by atoms with Gasteiger partial charge in [-0.05, 0) is 52.2 Å². The molecular weight excluding hydrogens is 496 g/mol. The summed E-state index contributed by atoms with van der Waals surface area (Å²) in [6.07, 6.45) is 0.346. The average Bonchev–Trinajstić information content (AvgIpc) is 2.73. The van der Waals surface area contributed by atoms with Gasteiger partial charge in [-0.25, -0.2) is 9.59 Å². The number of likely N-dealkylation sites (tertiary alicyclic amines) is 2. The molecule has 2 aliphatic rings. The highest BCUT2D eigenvalue weighted by Crippen LogP contribution is 2.43. The predicted molar refractivity (Wildman–Crippen MR) is 139 cm³/mol. The standard InChI is InChI=1S/C26H42N2O8Si/c1-11-14-34-23(32)22(31)28-20(19(21(28)30)16(2)36-37(9,10)26(6,7)8)17-12-13-27(15-18(17)29)24(33)35-25(3,4)5/h11,16-17,19-20H,1,12-15H2,2-10H3/t16-,17+,19-,20-/m1/s1. The van der Waals surface area contributed by atoms with E-state index in [4.69, 9.17) is 13.9 Å². The minimum Gasteiger partial charge on any atom is -0.454 e. The van der Waals surface area contributed by atoms with Crippen LogP contribution in [-0.2, 0) is 33.1 Å². The van der Waals surface area contributed by atoms with Gasteiger partial charge in [0.05, 0.1) is 24.6 Å². The van der Waals surface area contributed by atoms with E-state index in [0.717, 1.165) is 4.90 Å². The van der Waals surface area contributed by atoms with Gasteiger partial charge in [-0.1, -0.05) is 33.4 Å². The number of carbonyl (C=O) groups excluding carboxylic acids is 5. The van der Waals surface area contributed by atoms with Crippen LogP contribution in [0, 0.1) is 11.8 Å². The monoisotopic (exact) mass is 538 g/mol. The summed E-state index contributed by atoms with van der Waals surface area (Å²) in [5, 5.41) is -0.123. The fraction of sp³-hybridized carbons (Fsp3) is 0.731. The van der Waals surface area contributed by atoms with E-state index in [9.17, 15) is 24.0 Å². The normalized spacial score (nSPS) is 23.8. The first-order chi connectivity index (χ1) is 16.8. The first kappa shape index (κ1) is 30.7. The first-order valence-electron chi connectivity index (χ1n) is 12.7. The molecule has 2 fully saturated rings. The lowest BCUT2D eigenvalue weighted by Gasteiger charge is -2.53. The fourth-order valence-corrected chi connectivity index (χ4v) is 5.80. The van der Waals surface area contributed by atoms with Crippen molar-refractivity contribution >= 4 is 38.0 Å². The van der Waals surface area contributed by atoms with Gasteiger partial charge in [0.15, 0.2) is 14.1 Å². The van der Waals surface area contributed by atoms with Gasteiger partial charge in [0, 0.05) is 12.5 Å². The minimum atomic E-state index is -2.29. The fourth-order valence-electron chi connectivity index (χ4n) is 4.37. The van der Waals surface area contributed by atoms with E-state index in [2.05, 4.69) is 40.4 Å². The van der Waals surface area contributed by atoms with Gasteiger partial charge < -0.3 is 18.8 Å². The summed E-state index contributed by atoms with van der Waals surface area (Å²) in [4.78, 5) is 66.4. The van der Waals surface area contributed by atoms with Gasteiger partial charge in [0.25, 0.3) is 0 Å². The number of rotatable bonds is 6. The van der Waals surface area contributed by atoms with Gasteiger partial charge in [0.2, 0.25) is 5.91 Å². The Morgan fingerprint density at radius 3 is 2.22 bits per heavy atom. The number of piperidine rings is 1. The molecule has 0 saturated carbocycles. The number of Topliss-reactive ketones (excluding diaryl/α,β-unsaturated/α-hetero) is 1. The summed E-state index contributed by atoms with van der Waals surface area (Å²) in [5.74, 6) is -4.71. The number of carbonyl (C=O) groups is 5. The number of ether oxygens (including phenoxy) is 2. The van der Waals surface area contributed by atoms with Crippen LogP contribution in [0.4, 0.5) is 4.79 Å². The van der Waals surface area contributed by atoms with Crippen LogP contribution >= 0.6 is 0 Å². The van der Waals surface area contributed by atoms with Gasteiger partial charge in [0.1, 0.15) is 12.2 Å². The number of nitrogens with zero attached hydrogens (tertiary/aromatic N) is 2. The molecule has 2 saturated heterocycles. The molecule has 2 aliphatic heterocycles. The molecule has 3 amide bonds. The SMILES string of the molecule is C=CCOC(=O)C(=O)N1C(=O)[C@H]([C@@H](C)O[Si](C)(C)C(C)(C)C)[C@H]1[C@H]1CCN(C(=O)OC(C)(C)C)CC1=O. The molecule has 0 aromatic heterocycles. The van der Waals surface area contributed by atoms with Gasteiger partial charge in [-0.3, -0.25) is 19.3 Å². The number of β-lactam (4-membered cyclic amide) rings is 1. The predicted octanol–water partition coefficient (Wildman–Crippen LogP) is 3.31. The maximum Gasteiger partial charge on any atom is 0.410 e. The first-order valence-corrected chi connectivity index (χ1v) is 15.6. The second-order valence-corrected chi connectivity index (χ2v) is 17.0. The van der Waals surface area contributed by atoms with E-state index in [1.54, 1.807) is 27.7 Å². The zero-order valence-corrected chi connectivity index (χ0v) is 24.6. The average molecular weight is 539 g/mol. The number of ketones is 1. The molecular formula is C26H42N2O8Si.